The van der Waals surface area contributed by atoms with E-state index < -0.39 is 11.6 Å². The minimum atomic E-state index is -0.551. The predicted molar refractivity (Wildman–Crippen MR) is 74.4 cm³/mol. The highest BCUT2D eigenvalue weighted by Crippen LogP contribution is 2.15. The van der Waals surface area contributed by atoms with Gasteiger partial charge in [-0.2, -0.15) is 0 Å². The van der Waals surface area contributed by atoms with Crippen LogP contribution in [0.4, 0.5) is 8.78 Å². The lowest BCUT2D eigenvalue weighted by atomic mass is 10.0. The Morgan fingerprint density at radius 2 is 2.15 bits per heavy atom. The van der Waals surface area contributed by atoms with Crippen molar-refractivity contribution in [3.63, 3.8) is 0 Å². The van der Waals surface area contributed by atoms with Crippen molar-refractivity contribution in [3.8, 4) is 0 Å². The maximum absolute atomic E-state index is 13.4. The molecule has 0 aliphatic carbocycles. The van der Waals surface area contributed by atoms with Crippen LogP contribution in [-0.4, -0.2) is 42.3 Å². The molecule has 1 atom stereocenters. The molecule has 5 heteroatoms. The third-order valence-electron chi connectivity index (χ3n) is 3.87. The molecule has 0 amide bonds. The molecule has 0 aromatic heterocycles. The number of nitrogens with zero attached hydrogens (tertiary/aromatic N) is 1. The number of aliphatic hydroxyl groups is 1. The summed E-state index contributed by atoms with van der Waals surface area (Å²) in [5.41, 5.74) is 0.476. The fraction of sp³-hybridized carbons (Fsp3) is 0.600. The van der Waals surface area contributed by atoms with Crippen molar-refractivity contribution >= 4 is 0 Å². The molecule has 0 saturated carbocycles. The Morgan fingerprint density at radius 1 is 1.30 bits per heavy atom. The van der Waals surface area contributed by atoms with Crippen molar-refractivity contribution < 1.29 is 13.9 Å². The minimum Gasteiger partial charge on any atom is -0.395 e. The van der Waals surface area contributed by atoms with Gasteiger partial charge in [0, 0.05) is 37.3 Å². The van der Waals surface area contributed by atoms with Crippen molar-refractivity contribution in [2.75, 3.05) is 26.2 Å². The van der Waals surface area contributed by atoms with Crippen molar-refractivity contribution in [3.05, 3.63) is 35.4 Å². The topological polar surface area (TPSA) is 35.5 Å². The van der Waals surface area contributed by atoms with Crippen LogP contribution in [-0.2, 0) is 6.54 Å². The van der Waals surface area contributed by atoms with Crippen molar-refractivity contribution in [1.29, 1.82) is 0 Å². The van der Waals surface area contributed by atoms with E-state index in [0.717, 1.165) is 32.1 Å². The maximum Gasteiger partial charge on any atom is 0.130 e. The van der Waals surface area contributed by atoms with Crippen LogP contribution in [0.3, 0.4) is 0 Å². The van der Waals surface area contributed by atoms with Gasteiger partial charge in [-0.3, -0.25) is 4.90 Å². The van der Waals surface area contributed by atoms with Crippen LogP contribution in [0.1, 0.15) is 24.8 Å². The molecule has 0 spiro atoms. The highest BCUT2D eigenvalue weighted by Gasteiger charge is 2.20. The summed E-state index contributed by atoms with van der Waals surface area (Å²) in [7, 11) is 0. The molecule has 1 fully saturated rings. The Morgan fingerprint density at radius 3 is 2.90 bits per heavy atom. The van der Waals surface area contributed by atoms with E-state index in [1.54, 1.807) is 0 Å². The summed E-state index contributed by atoms with van der Waals surface area (Å²) in [5, 5.41) is 12.5. The van der Waals surface area contributed by atoms with Crippen molar-refractivity contribution in [1.82, 2.24) is 10.2 Å². The molecule has 112 valence electrons. The van der Waals surface area contributed by atoms with Crippen LogP contribution in [0.5, 0.6) is 0 Å². The monoisotopic (exact) mass is 284 g/mol. The molecule has 1 aliphatic rings. The van der Waals surface area contributed by atoms with Gasteiger partial charge in [-0.25, -0.2) is 8.78 Å². The second-order valence-electron chi connectivity index (χ2n) is 5.28. The molecule has 20 heavy (non-hydrogen) atoms. The van der Waals surface area contributed by atoms with Crippen LogP contribution >= 0.6 is 0 Å². The number of likely N-dealkylation sites (tertiary alicyclic amines) is 1. The van der Waals surface area contributed by atoms with Gasteiger partial charge in [0.05, 0.1) is 6.61 Å². The molecule has 2 rings (SSSR count). The number of benzene rings is 1. The Labute approximate surface area is 118 Å². The predicted octanol–water partition coefficient (Wildman–Crippen LogP) is 1.90. The molecule has 2 N–H and O–H groups in total. The number of nitrogens with one attached hydrogen (secondary N) is 1. The normalized spacial score (nSPS) is 20.2. The summed E-state index contributed by atoms with van der Waals surface area (Å²) in [6, 6.07) is 3.90. The number of hydrogen-bond acceptors (Lipinski definition) is 3. The summed E-state index contributed by atoms with van der Waals surface area (Å²) in [6.07, 6.45) is 3.39. The van der Waals surface area contributed by atoms with E-state index in [4.69, 9.17) is 0 Å². The Kier molecular flexibility index (Phi) is 5.88. The Hall–Kier alpha value is -1.04. The van der Waals surface area contributed by atoms with Gasteiger partial charge in [0.2, 0.25) is 0 Å². The van der Waals surface area contributed by atoms with Gasteiger partial charge in [-0.15, -0.1) is 0 Å². The smallest absolute Gasteiger partial charge is 0.130 e. The van der Waals surface area contributed by atoms with E-state index in [2.05, 4.69) is 10.2 Å². The van der Waals surface area contributed by atoms with Crippen LogP contribution in [0.15, 0.2) is 18.2 Å². The maximum atomic E-state index is 13.4. The number of hydrogen-bond donors (Lipinski definition) is 2. The Bertz CT molecular complexity index is 428. The number of halogens is 2. The standard InChI is InChI=1S/C15H22F2N2O/c16-13-5-4-12(15(17)9-13)10-18-6-8-19-7-2-1-3-14(19)11-20/h4-5,9,14,18,20H,1-3,6-8,10-11H2/t14-/m1/s1. The lowest BCUT2D eigenvalue weighted by Crippen LogP contribution is -2.44. The first-order valence-electron chi connectivity index (χ1n) is 7.20. The highest BCUT2D eigenvalue weighted by molar-refractivity contribution is 5.18. The summed E-state index contributed by atoms with van der Waals surface area (Å²) >= 11 is 0. The Balaban J connectivity index is 1.73. The second-order valence-corrected chi connectivity index (χ2v) is 5.28. The summed E-state index contributed by atoms with van der Waals surface area (Å²) in [4.78, 5) is 2.28. The first kappa shape index (κ1) is 15.4. The van der Waals surface area contributed by atoms with E-state index in [0.29, 0.717) is 12.1 Å². The molecule has 1 aromatic rings. The average molecular weight is 284 g/mol. The second kappa shape index (κ2) is 7.67. The first-order valence-corrected chi connectivity index (χ1v) is 7.20. The molecule has 0 unspecified atom stereocenters. The van der Waals surface area contributed by atoms with Gasteiger partial charge in [-0.1, -0.05) is 12.5 Å². The van der Waals surface area contributed by atoms with Gasteiger partial charge >= 0.3 is 0 Å². The SMILES string of the molecule is OC[C@H]1CCCCN1CCNCc1ccc(F)cc1F. The van der Waals surface area contributed by atoms with E-state index in [1.807, 2.05) is 0 Å². The van der Waals surface area contributed by atoms with Crippen LogP contribution < -0.4 is 5.32 Å². The largest absolute Gasteiger partial charge is 0.395 e. The molecule has 1 heterocycles. The molecule has 0 bridgehead atoms. The van der Waals surface area contributed by atoms with Gasteiger partial charge in [0.25, 0.3) is 0 Å². The third-order valence-corrected chi connectivity index (χ3v) is 3.87. The van der Waals surface area contributed by atoms with Gasteiger partial charge in [-0.05, 0) is 25.5 Å². The van der Waals surface area contributed by atoms with Crippen LogP contribution in [0.2, 0.25) is 0 Å². The van der Waals surface area contributed by atoms with E-state index >= 15 is 0 Å². The lowest BCUT2D eigenvalue weighted by molar-refractivity contribution is 0.0910. The fourth-order valence-electron chi connectivity index (χ4n) is 2.67. The average Bonchev–Trinajstić information content (AvgIpc) is 2.46. The molecule has 0 radical (unpaired) electrons. The van der Waals surface area contributed by atoms with Crippen LogP contribution in [0, 0.1) is 11.6 Å². The van der Waals surface area contributed by atoms with Crippen molar-refractivity contribution in [2.24, 2.45) is 0 Å². The summed E-state index contributed by atoms with van der Waals surface area (Å²) in [5.74, 6) is -1.06. The van der Waals surface area contributed by atoms with E-state index in [-0.39, 0.29) is 12.6 Å². The van der Waals surface area contributed by atoms with Gasteiger partial charge in [0.1, 0.15) is 11.6 Å². The molecule has 1 aliphatic heterocycles. The zero-order chi connectivity index (χ0) is 14.4. The molecular weight excluding hydrogens is 262 g/mol. The number of piperidine rings is 1. The van der Waals surface area contributed by atoms with E-state index in [1.165, 1.54) is 25.0 Å². The minimum absolute atomic E-state index is 0.201. The number of aliphatic hydroxyl groups excluding tert-OH is 1. The highest BCUT2D eigenvalue weighted by atomic mass is 19.1. The van der Waals surface area contributed by atoms with Crippen molar-refractivity contribution in [2.45, 2.75) is 31.8 Å². The zero-order valence-corrected chi connectivity index (χ0v) is 11.6. The van der Waals surface area contributed by atoms with E-state index in [9.17, 15) is 13.9 Å². The lowest BCUT2D eigenvalue weighted by Gasteiger charge is -2.34. The summed E-state index contributed by atoms with van der Waals surface area (Å²) in [6.45, 7) is 3.18. The van der Waals surface area contributed by atoms with Gasteiger partial charge in [0.15, 0.2) is 0 Å². The number of rotatable bonds is 6. The zero-order valence-electron chi connectivity index (χ0n) is 11.6. The van der Waals surface area contributed by atoms with Crippen LogP contribution in [0.25, 0.3) is 0 Å². The quantitative estimate of drug-likeness (QED) is 0.783. The van der Waals surface area contributed by atoms with Gasteiger partial charge < -0.3 is 10.4 Å². The first-order chi connectivity index (χ1) is 9.70. The summed E-state index contributed by atoms with van der Waals surface area (Å²) < 4.78 is 26.2. The fourth-order valence-corrected chi connectivity index (χ4v) is 2.67. The molecule has 1 aromatic carbocycles. The molecular formula is C15H22F2N2O. The molecule has 1 saturated heterocycles. The third kappa shape index (κ3) is 4.23. The molecule has 3 nitrogen and oxygen atoms in total.